The number of fused-ring (bicyclic) bond motifs is 1. The number of imide groups is 1. The maximum Gasteiger partial charge on any atom is 0.327 e. The average molecular weight is 591 g/mol. The quantitative estimate of drug-likeness (QED) is 0.391. The van der Waals surface area contributed by atoms with Gasteiger partial charge < -0.3 is 24.4 Å². The fraction of sp³-hybridized carbons (Fsp3) is 0.545. The first-order valence-corrected chi connectivity index (χ1v) is 15.7. The topological polar surface area (TPSA) is 101 Å². The van der Waals surface area contributed by atoms with Gasteiger partial charge in [-0.05, 0) is 74.1 Å². The van der Waals surface area contributed by atoms with Crippen molar-refractivity contribution in [3.8, 4) is 17.2 Å². The van der Waals surface area contributed by atoms with E-state index in [1.54, 1.807) is 24.3 Å². The van der Waals surface area contributed by atoms with Crippen LogP contribution in [0.5, 0.6) is 17.2 Å². The zero-order valence-corrected chi connectivity index (χ0v) is 25.3. The molecule has 1 N–H and O–H groups in total. The molecule has 4 amide bonds. The van der Waals surface area contributed by atoms with Crippen molar-refractivity contribution in [2.24, 2.45) is 5.41 Å². The average Bonchev–Trinajstić information content (AvgIpc) is 3.78. The zero-order chi connectivity index (χ0) is 30.1. The first-order chi connectivity index (χ1) is 20.9. The summed E-state index contributed by atoms with van der Waals surface area (Å²) in [6.45, 7) is 9.45. The summed E-state index contributed by atoms with van der Waals surface area (Å²) in [7, 11) is 0. The van der Waals surface area contributed by atoms with Crippen LogP contribution in [0.25, 0.3) is 0 Å². The minimum atomic E-state index is -0.800. The van der Waals surface area contributed by atoms with E-state index in [4.69, 9.17) is 14.2 Å². The van der Waals surface area contributed by atoms with E-state index in [0.29, 0.717) is 48.1 Å². The largest absolute Gasteiger partial charge is 0.469 e. The molecule has 1 aliphatic carbocycles. The Hall–Kier alpha value is -3.79. The molecule has 0 unspecified atom stereocenters. The van der Waals surface area contributed by atoms with E-state index in [0.717, 1.165) is 38.2 Å². The lowest BCUT2D eigenvalue weighted by atomic mass is 9.72. The molecule has 0 bridgehead atoms. The molecule has 2 saturated heterocycles. The summed E-state index contributed by atoms with van der Waals surface area (Å²) < 4.78 is 17.3. The molecule has 2 aromatic rings. The van der Waals surface area contributed by atoms with Crippen LogP contribution in [0.3, 0.4) is 0 Å². The molecule has 6 rings (SSSR count). The number of nitrogens with zero attached hydrogens (tertiary/aromatic N) is 3. The van der Waals surface area contributed by atoms with Crippen molar-refractivity contribution in [2.75, 3.05) is 33.0 Å². The molecule has 1 saturated carbocycles. The summed E-state index contributed by atoms with van der Waals surface area (Å²) in [5.74, 6) is 1.61. The monoisotopic (exact) mass is 590 g/mol. The van der Waals surface area contributed by atoms with E-state index >= 15 is 0 Å². The Bertz CT molecular complexity index is 1350. The molecule has 0 aromatic heterocycles. The number of carbonyl (C=O) groups is 3. The Kier molecular flexibility index (Phi) is 8.22. The van der Waals surface area contributed by atoms with Crippen LogP contribution in [0, 0.1) is 5.41 Å². The second-order valence-electron chi connectivity index (χ2n) is 12.0. The Labute approximate surface area is 253 Å². The van der Waals surface area contributed by atoms with Gasteiger partial charge >= 0.3 is 6.03 Å². The third-order valence-corrected chi connectivity index (χ3v) is 9.52. The van der Waals surface area contributed by atoms with Gasteiger partial charge in [0.05, 0.1) is 6.04 Å². The van der Waals surface area contributed by atoms with Crippen molar-refractivity contribution >= 4 is 17.8 Å². The number of likely N-dealkylation sites (tertiary alicyclic amines) is 1. The number of urea groups is 1. The summed E-state index contributed by atoms with van der Waals surface area (Å²) in [6.07, 6.45) is 4.40. The standard InChI is InChI=1S/C33H42N4O6/c1-4-7-26(23-10-15-27-28(20-23)42-21-41-27)34-32(40)37-30(39)33(5-2,6-3)31(37)43-25-13-8-22(9-14-25)29(38)36-18-16-35(17-19-36)24-11-12-24/h8-10,13-15,20,24,26,31H,4-7,11-12,16-19,21H2,1-3H3,(H,34,40)/t26-,31+/m1/s1. The summed E-state index contributed by atoms with van der Waals surface area (Å²) in [6, 6.07) is 12.6. The van der Waals surface area contributed by atoms with Gasteiger partial charge in [0.25, 0.3) is 5.91 Å². The Morgan fingerprint density at radius 3 is 2.33 bits per heavy atom. The third-order valence-electron chi connectivity index (χ3n) is 9.52. The van der Waals surface area contributed by atoms with Crippen LogP contribution in [-0.4, -0.2) is 77.8 Å². The van der Waals surface area contributed by atoms with Gasteiger partial charge in [0.2, 0.25) is 12.7 Å². The van der Waals surface area contributed by atoms with Crippen LogP contribution in [-0.2, 0) is 4.79 Å². The fourth-order valence-electron chi connectivity index (χ4n) is 6.58. The number of nitrogens with one attached hydrogen (secondary N) is 1. The van der Waals surface area contributed by atoms with Crippen LogP contribution in [0.2, 0.25) is 0 Å². The molecular weight excluding hydrogens is 548 g/mol. The molecule has 3 aliphatic heterocycles. The first-order valence-electron chi connectivity index (χ1n) is 15.7. The Morgan fingerprint density at radius 2 is 1.67 bits per heavy atom. The number of rotatable bonds is 10. The number of ether oxygens (including phenoxy) is 3. The molecule has 3 fully saturated rings. The van der Waals surface area contributed by atoms with Gasteiger partial charge in [0.15, 0.2) is 17.7 Å². The van der Waals surface area contributed by atoms with Gasteiger partial charge in [-0.2, -0.15) is 0 Å². The number of carbonyl (C=O) groups excluding carboxylic acids is 3. The molecule has 4 aliphatic rings. The summed E-state index contributed by atoms with van der Waals surface area (Å²) in [5, 5.41) is 3.07. The van der Waals surface area contributed by atoms with E-state index in [-0.39, 0.29) is 24.6 Å². The zero-order valence-electron chi connectivity index (χ0n) is 25.3. The van der Waals surface area contributed by atoms with Gasteiger partial charge in [-0.1, -0.05) is 33.3 Å². The number of amides is 4. The second kappa shape index (κ2) is 12.1. The molecule has 3 heterocycles. The van der Waals surface area contributed by atoms with Gasteiger partial charge in [0.1, 0.15) is 11.2 Å². The van der Waals surface area contributed by atoms with Gasteiger partial charge in [-0.25, -0.2) is 9.69 Å². The smallest absolute Gasteiger partial charge is 0.327 e. The molecule has 43 heavy (non-hydrogen) atoms. The summed E-state index contributed by atoms with van der Waals surface area (Å²) in [4.78, 5) is 45.9. The number of benzene rings is 2. The Morgan fingerprint density at radius 1 is 0.977 bits per heavy atom. The second-order valence-corrected chi connectivity index (χ2v) is 12.0. The number of piperazine rings is 1. The van der Waals surface area contributed by atoms with Crippen LogP contribution >= 0.6 is 0 Å². The lowest BCUT2D eigenvalue weighted by Crippen LogP contribution is -2.73. The molecule has 2 atom stereocenters. The summed E-state index contributed by atoms with van der Waals surface area (Å²) in [5.41, 5.74) is 0.692. The van der Waals surface area contributed by atoms with Crippen molar-refractivity contribution in [3.05, 3.63) is 53.6 Å². The molecule has 0 spiro atoms. The van der Waals surface area contributed by atoms with Crippen molar-refractivity contribution in [1.29, 1.82) is 0 Å². The van der Waals surface area contributed by atoms with Crippen LogP contribution in [0.4, 0.5) is 4.79 Å². The molecular formula is C33H42N4O6. The number of hydrogen-bond acceptors (Lipinski definition) is 7. The van der Waals surface area contributed by atoms with E-state index in [9.17, 15) is 14.4 Å². The number of hydrogen-bond donors (Lipinski definition) is 1. The minimum Gasteiger partial charge on any atom is -0.469 e. The van der Waals surface area contributed by atoms with Crippen molar-refractivity contribution in [1.82, 2.24) is 20.0 Å². The van der Waals surface area contributed by atoms with Crippen molar-refractivity contribution < 1.29 is 28.6 Å². The predicted molar refractivity (Wildman–Crippen MR) is 160 cm³/mol. The normalized spacial score (nSPS) is 21.7. The van der Waals surface area contributed by atoms with Crippen LogP contribution in [0.1, 0.15) is 81.3 Å². The molecule has 0 radical (unpaired) electrons. The molecule has 10 nitrogen and oxygen atoms in total. The van der Waals surface area contributed by atoms with E-state index in [1.165, 1.54) is 17.7 Å². The predicted octanol–water partition coefficient (Wildman–Crippen LogP) is 4.94. The van der Waals surface area contributed by atoms with Gasteiger partial charge in [-0.3, -0.25) is 14.5 Å². The van der Waals surface area contributed by atoms with Crippen LogP contribution in [0.15, 0.2) is 42.5 Å². The van der Waals surface area contributed by atoms with Crippen LogP contribution < -0.4 is 19.5 Å². The van der Waals surface area contributed by atoms with Gasteiger partial charge in [0, 0.05) is 37.8 Å². The van der Waals surface area contributed by atoms with E-state index < -0.39 is 17.7 Å². The minimum absolute atomic E-state index is 0.0174. The van der Waals surface area contributed by atoms with Crippen molar-refractivity contribution in [2.45, 2.75) is 77.6 Å². The highest BCUT2D eigenvalue weighted by atomic mass is 16.7. The van der Waals surface area contributed by atoms with Crippen molar-refractivity contribution in [3.63, 3.8) is 0 Å². The maximum atomic E-state index is 13.6. The van der Waals surface area contributed by atoms with E-state index in [1.807, 2.05) is 36.9 Å². The lowest BCUT2D eigenvalue weighted by molar-refractivity contribution is -0.191. The highest BCUT2D eigenvalue weighted by Gasteiger charge is 2.63. The molecule has 10 heteroatoms. The first kappa shape index (κ1) is 29.3. The van der Waals surface area contributed by atoms with Gasteiger partial charge in [-0.15, -0.1) is 0 Å². The summed E-state index contributed by atoms with van der Waals surface area (Å²) >= 11 is 0. The maximum absolute atomic E-state index is 13.6. The number of β-lactam (4-membered cyclic amide) rings is 1. The fourth-order valence-corrected chi connectivity index (χ4v) is 6.58. The lowest BCUT2D eigenvalue weighted by Gasteiger charge is -2.53. The SMILES string of the molecule is CCC[C@@H](NC(=O)N1C(=O)C(CC)(CC)[C@@H]1Oc1ccc(C(=O)N2CCN(C3CC3)CC2)cc1)c1ccc2c(c1)OCO2. The molecule has 230 valence electrons. The third kappa shape index (κ3) is 5.53. The highest BCUT2D eigenvalue weighted by molar-refractivity contribution is 6.03. The van der Waals surface area contributed by atoms with E-state index in [2.05, 4.69) is 17.1 Å². The molecule has 2 aromatic carbocycles. The highest BCUT2D eigenvalue weighted by Crippen LogP contribution is 2.46. The Balaban J connectivity index is 1.14.